The van der Waals surface area contributed by atoms with Gasteiger partial charge in [-0.05, 0) is 38.3 Å². The van der Waals surface area contributed by atoms with E-state index in [1.54, 1.807) is 34.0 Å². The van der Waals surface area contributed by atoms with Crippen molar-refractivity contribution in [1.82, 2.24) is 29.3 Å². The number of hydrogen-bond donors (Lipinski definition) is 1. The van der Waals surface area contributed by atoms with Crippen molar-refractivity contribution < 1.29 is 4.79 Å². The fourth-order valence-electron chi connectivity index (χ4n) is 3.44. The van der Waals surface area contributed by atoms with Crippen LogP contribution in [0.25, 0.3) is 10.8 Å². The van der Waals surface area contributed by atoms with E-state index in [0.717, 1.165) is 4.47 Å². The van der Waals surface area contributed by atoms with Crippen molar-refractivity contribution >= 4 is 38.3 Å². The lowest BCUT2D eigenvalue weighted by atomic mass is 10.0. The van der Waals surface area contributed by atoms with Crippen molar-refractivity contribution in [2.45, 2.75) is 13.2 Å². The molecule has 5 rings (SSSR count). The lowest BCUT2D eigenvalue weighted by Crippen LogP contribution is -2.14. The predicted molar refractivity (Wildman–Crippen MR) is 121 cm³/mol. The molecule has 0 atom stereocenters. The van der Waals surface area contributed by atoms with Crippen LogP contribution in [0.15, 0.2) is 84.0 Å². The number of rotatable bonds is 6. The second kappa shape index (κ2) is 8.19. The standard InChI is InChI=1S/C22H18BrN7O/c23-18-10-24-30(13-18)15-28-9-8-21(27-28)22(31)26-19-11-25-29(14-19)12-17-6-3-5-16-4-1-2-7-20(16)17/h1-11,13-14H,12,15H2,(H,26,31). The highest BCUT2D eigenvalue weighted by molar-refractivity contribution is 9.10. The minimum absolute atomic E-state index is 0.287. The summed E-state index contributed by atoms with van der Waals surface area (Å²) in [7, 11) is 0. The molecule has 154 valence electrons. The van der Waals surface area contributed by atoms with E-state index < -0.39 is 0 Å². The number of hydrogen-bond acceptors (Lipinski definition) is 4. The van der Waals surface area contributed by atoms with Gasteiger partial charge in [0.2, 0.25) is 0 Å². The first-order valence-corrected chi connectivity index (χ1v) is 10.5. The van der Waals surface area contributed by atoms with Crippen LogP contribution >= 0.6 is 15.9 Å². The quantitative estimate of drug-likeness (QED) is 0.402. The zero-order valence-corrected chi connectivity index (χ0v) is 18.0. The Labute approximate surface area is 186 Å². The predicted octanol–water partition coefficient (Wildman–Crippen LogP) is 4.00. The molecule has 3 aromatic heterocycles. The molecule has 0 aliphatic rings. The summed E-state index contributed by atoms with van der Waals surface area (Å²) in [5.74, 6) is -0.287. The van der Waals surface area contributed by atoms with E-state index in [0.29, 0.717) is 24.6 Å². The fraction of sp³-hybridized carbons (Fsp3) is 0.0909. The van der Waals surface area contributed by atoms with E-state index in [1.807, 2.05) is 35.3 Å². The van der Waals surface area contributed by atoms with Gasteiger partial charge in [0.1, 0.15) is 6.67 Å². The second-order valence-electron chi connectivity index (χ2n) is 7.10. The zero-order chi connectivity index (χ0) is 21.2. The van der Waals surface area contributed by atoms with E-state index in [1.165, 1.54) is 16.3 Å². The van der Waals surface area contributed by atoms with Crippen LogP contribution in [-0.2, 0) is 13.2 Å². The van der Waals surface area contributed by atoms with Crippen molar-refractivity contribution in [1.29, 1.82) is 0 Å². The number of carbonyl (C=O) groups is 1. The maximum absolute atomic E-state index is 12.6. The molecule has 0 aliphatic carbocycles. The third-order valence-corrected chi connectivity index (χ3v) is 5.28. The Morgan fingerprint density at radius 1 is 0.935 bits per heavy atom. The summed E-state index contributed by atoms with van der Waals surface area (Å²) >= 11 is 3.36. The van der Waals surface area contributed by atoms with Crippen molar-refractivity contribution in [2.75, 3.05) is 5.32 Å². The van der Waals surface area contributed by atoms with Crippen molar-refractivity contribution in [2.24, 2.45) is 0 Å². The monoisotopic (exact) mass is 475 g/mol. The van der Waals surface area contributed by atoms with Gasteiger partial charge in [-0.25, -0.2) is 4.68 Å². The summed E-state index contributed by atoms with van der Waals surface area (Å²) in [5.41, 5.74) is 2.12. The first kappa shape index (κ1) is 19.3. The molecule has 0 unspecified atom stereocenters. The summed E-state index contributed by atoms with van der Waals surface area (Å²) in [6.07, 6.45) is 8.74. The summed E-state index contributed by atoms with van der Waals surface area (Å²) in [6, 6.07) is 16.2. The van der Waals surface area contributed by atoms with Gasteiger partial charge in [-0.3, -0.25) is 14.2 Å². The minimum atomic E-state index is -0.287. The summed E-state index contributed by atoms with van der Waals surface area (Å²) < 4.78 is 6.07. The van der Waals surface area contributed by atoms with Crippen molar-refractivity contribution in [3.05, 3.63) is 95.2 Å². The molecule has 0 aliphatic heterocycles. The lowest BCUT2D eigenvalue weighted by Gasteiger charge is -2.06. The topological polar surface area (TPSA) is 82.6 Å². The summed E-state index contributed by atoms with van der Waals surface area (Å²) in [5, 5.41) is 18.1. The minimum Gasteiger partial charge on any atom is -0.318 e. The molecule has 0 fully saturated rings. The maximum atomic E-state index is 12.6. The Hall–Kier alpha value is -3.72. The van der Waals surface area contributed by atoms with Gasteiger partial charge in [0, 0.05) is 18.6 Å². The van der Waals surface area contributed by atoms with Crippen LogP contribution in [0, 0.1) is 0 Å². The van der Waals surface area contributed by atoms with Crippen molar-refractivity contribution in [3.8, 4) is 0 Å². The number of aromatic nitrogens is 6. The number of fused-ring (bicyclic) bond motifs is 1. The van der Waals surface area contributed by atoms with Gasteiger partial charge < -0.3 is 5.32 Å². The maximum Gasteiger partial charge on any atom is 0.276 e. The molecule has 8 nitrogen and oxygen atoms in total. The van der Waals surface area contributed by atoms with Crippen LogP contribution in [0.2, 0.25) is 0 Å². The van der Waals surface area contributed by atoms with Gasteiger partial charge in [-0.1, -0.05) is 42.5 Å². The van der Waals surface area contributed by atoms with Crippen LogP contribution in [-0.4, -0.2) is 35.2 Å². The summed E-state index contributed by atoms with van der Waals surface area (Å²) in [6.45, 7) is 1.03. The number of halogens is 1. The highest BCUT2D eigenvalue weighted by Gasteiger charge is 2.12. The third kappa shape index (κ3) is 4.26. The molecular weight excluding hydrogens is 458 g/mol. The molecule has 31 heavy (non-hydrogen) atoms. The Morgan fingerprint density at radius 3 is 2.65 bits per heavy atom. The van der Waals surface area contributed by atoms with E-state index in [2.05, 4.69) is 60.8 Å². The average molecular weight is 476 g/mol. The SMILES string of the molecule is O=C(Nc1cnn(Cc2cccc3ccccc23)c1)c1ccn(Cn2cc(Br)cn2)n1. The second-order valence-corrected chi connectivity index (χ2v) is 8.01. The Bertz CT molecular complexity index is 1360. The normalized spacial score (nSPS) is 11.1. The van der Waals surface area contributed by atoms with Crippen LogP contribution in [0.3, 0.4) is 0 Å². The molecular formula is C22H18BrN7O. The van der Waals surface area contributed by atoms with Gasteiger partial charge in [0.05, 0.1) is 29.1 Å². The molecule has 9 heteroatoms. The zero-order valence-electron chi connectivity index (χ0n) is 16.4. The van der Waals surface area contributed by atoms with E-state index in [9.17, 15) is 4.79 Å². The van der Waals surface area contributed by atoms with Gasteiger partial charge in [0.25, 0.3) is 5.91 Å². The molecule has 1 N–H and O–H groups in total. The van der Waals surface area contributed by atoms with Gasteiger partial charge in [-0.15, -0.1) is 0 Å². The molecule has 2 aromatic carbocycles. The molecule has 1 amide bonds. The first-order chi connectivity index (χ1) is 15.1. The van der Waals surface area contributed by atoms with Crippen LogP contribution in [0.5, 0.6) is 0 Å². The van der Waals surface area contributed by atoms with Gasteiger partial charge in [-0.2, -0.15) is 15.3 Å². The van der Waals surface area contributed by atoms with Crippen molar-refractivity contribution in [3.63, 3.8) is 0 Å². The summed E-state index contributed by atoms with van der Waals surface area (Å²) in [4.78, 5) is 12.6. The molecule has 0 bridgehead atoms. The number of benzene rings is 2. The number of nitrogens with zero attached hydrogens (tertiary/aromatic N) is 6. The Balaban J connectivity index is 1.26. The highest BCUT2D eigenvalue weighted by atomic mass is 79.9. The Kier molecular flexibility index (Phi) is 5.09. The molecule has 0 spiro atoms. The number of amides is 1. The highest BCUT2D eigenvalue weighted by Crippen LogP contribution is 2.20. The number of carbonyl (C=O) groups excluding carboxylic acids is 1. The molecule has 3 heterocycles. The molecule has 0 saturated carbocycles. The van der Waals surface area contributed by atoms with E-state index >= 15 is 0 Å². The van der Waals surface area contributed by atoms with Crippen LogP contribution in [0.4, 0.5) is 5.69 Å². The average Bonchev–Trinajstić information content (AvgIpc) is 3.51. The molecule has 0 radical (unpaired) electrons. The van der Waals surface area contributed by atoms with Gasteiger partial charge in [0.15, 0.2) is 5.69 Å². The number of anilines is 1. The van der Waals surface area contributed by atoms with Crippen LogP contribution < -0.4 is 5.32 Å². The smallest absolute Gasteiger partial charge is 0.276 e. The number of nitrogens with one attached hydrogen (secondary N) is 1. The van der Waals surface area contributed by atoms with Gasteiger partial charge >= 0.3 is 0 Å². The molecule has 5 aromatic rings. The Morgan fingerprint density at radius 2 is 1.77 bits per heavy atom. The van der Waals surface area contributed by atoms with E-state index in [4.69, 9.17) is 0 Å². The largest absolute Gasteiger partial charge is 0.318 e. The fourth-order valence-corrected chi connectivity index (χ4v) is 3.77. The first-order valence-electron chi connectivity index (χ1n) is 9.66. The lowest BCUT2D eigenvalue weighted by molar-refractivity contribution is 0.102. The van der Waals surface area contributed by atoms with Crippen LogP contribution in [0.1, 0.15) is 16.1 Å². The third-order valence-electron chi connectivity index (χ3n) is 4.87. The van der Waals surface area contributed by atoms with E-state index in [-0.39, 0.29) is 5.91 Å². The molecule has 0 saturated heterocycles.